The molecule has 1 nitrogen and oxygen atoms in total. The summed E-state index contributed by atoms with van der Waals surface area (Å²) < 4.78 is 0. The molecule has 3 aromatic rings. The molecule has 0 aliphatic carbocycles. The topological polar surface area (TPSA) is 12.0 Å². The van der Waals surface area contributed by atoms with Gasteiger partial charge in [-0.15, -0.1) is 22.7 Å². The molecule has 108 valence electrons. The summed E-state index contributed by atoms with van der Waals surface area (Å²) in [5, 5.41) is 8.01. The zero-order chi connectivity index (χ0) is 14.7. The van der Waals surface area contributed by atoms with E-state index in [2.05, 4.69) is 72.4 Å². The van der Waals surface area contributed by atoms with Gasteiger partial charge in [-0.25, -0.2) is 0 Å². The molecule has 0 saturated heterocycles. The quantitative estimate of drug-likeness (QED) is 0.643. The minimum absolute atomic E-state index is 0.374. The maximum absolute atomic E-state index is 3.63. The number of nitrogens with one attached hydrogen (secondary N) is 1. The lowest BCUT2D eigenvalue weighted by molar-refractivity contribution is 0.576. The number of hydrogen-bond acceptors (Lipinski definition) is 3. The van der Waals surface area contributed by atoms with Gasteiger partial charge in [-0.3, -0.25) is 0 Å². The second-order valence-electron chi connectivity index (χ2n) is 5.24. The first-order chi connectivity index (χ1) is 10.2. The van der Waals surface area contributed by atoms with Crippen LogP contribution in [0.25, 0.3) is 10.4 Å². The number of aryl methyl sites for hydroxylation is 1. The smallest absolute Gasteiger partial charge is 0.0351 e. The van der Waals surface area contributed by atoms with E-state index in [1.54, 1.807) is 11.3 Å². The zero-order valence-electron chi connectivity index (χ0n) is 12.3. The standard InChI is InChI=1S/C18H19NS2/c1-13-6-3-4-7-17(13)14(2)19-11-16-10-15(12-21-16)18-8-5-9-20-18/h3-10,12,14,19H,11H2,1-2H3/t14-/m0/s1. The highest BCUT2D eigenvalue weighted by Crippen LogP contribution is 2.29. The molecule has 3 rings (SSSR count). The molecule has 0 saturated carbocycles. The van der Waals surface area contributed by atoms with Crippen molar-refractivity contribution < 1.29 is 0 Å². The van der Waals surface area contributed by atoms with Crippen LogP contribution in [0.5, 0.6) is 0 Å². The second-order valence-corrected chi connectivity index (χ2v) is 7.18. The van der Waals surface area contributed by atoms with E-state index in [1.807, 2.05) is 11.3 Å². The third-order valence-electron chi connectivity index (χ3n) is 3.70. The van der Waals surface area contributed by atoms with Crippen LogP contribution in [0, 0.1) is 6.92 Å². The Kier molecular flexibility index (Phi) is 4.54. The lowest BCUT2D eigenvalue weighted by Crippen LogP contribution is -2.18. The molecule has 1 atom stereocenters. The lowest BCUT2D eigenvalue weighted by Gasteiger charge is -2.15. The molecule has 2 aromatic heterocycles. The molecule has 1 aromatic carbocycles. The fourth-order valence-electron chi connectivity index (χ4n) is 2.48. The number of benzene rings is 1. The third kappa shape index (κ3) is 3.43. The summed E-state index contributed by atoms with van der Waals surface area (Å²) in [4.78, 5) is 2.74. The predicted octanol–water partition coefficient (Wildman–Crippen LogP) is 5.64. The van der Waals surface area contributed by atoms with E-state index in [0.29, 0.717) is 6.04 Å². The summed E-state index contributed by atoms with van der Waals surface area (Å²) in [6.45, 7) is 5.33. The van der Waals surface area contributed by atoms with Gasteiger partial charge in [0.2, 0.25) is 0 Å². The predicted molar refractivity (Wildman–Crippen MR) is 94.1 cm³/mol. The van der Waals surface area contributed by atoms with Crippen molar-refractivity contribution in [2.24, 2.45) is 0 Å². The van der Waals surface area contributed by atoms with Gasteiger partial charge in [-0.05, 0) is 47.9 Å². The molecule has 0 fully saturated rings. The summed E-state index contributed by atoms with van der Waals surface area (Å²) in [5.74, 6) is 0. The Morgan fingerprint density at radius 3 is 2.71 bits per heavy atom. The van der Waals surface area contributed by atoms with Crippen molar-refractivity contribution in [2.45, 2.75) is 26.4 Å². The van der Waals surface area contributed by atoms with Crippen LogP contribution in [0.1, 0.15) is 29.0 Å². The van der Waals surface area contributed by atoms with E-state index in [-0.39, 0.29) is 0 Å². The monoisotopic (exact) mass is 313 g/mol. The van der Waals surface area contributed by atoms with Gasteiger partial charge in [0.05, 0.1) is 0 Å². The molecule has 0 radical (unpaired) electrons. The number of hydrogen-bond donors (Lipinski definition) is 1. The first-order valence-corrected chi connectivity index (χ1v) is 8.90. The van der Waals surface area contributed by atoms with Crippen LogP contribution in [0.3, 0.4) is 0 Å². The second kappa shape index (κ2) is 6.56. The maximum Gasteiger partial charge on any atom is 0.0351 e. The van der Waals surface area contributed by atoms with Gasteiger partial charge in [0.15, 0.2) is 0 Å². The van der Waals surface area contributed by atoms with E-state index in [0.717, 1.165) is 6.54 Å². The fourth-order valence-corrected chi connectivity index (χ4v) is 4.11. The average molecular weight is 313 g/mol. The van der Waals surface area contributed by atoms with Crippen LogP contribution in [0.2, 0.25) is 0 Å². The average Bonchev–Trinajstić information content (AvgIpc) is 3.16. The van der Waals surface area contributed by atoms with Crippen molar-refractivity contribution in [3.05, 3.63) is 69.2 Å². The molecular formula is C18H19NS2. The Hall–Kier alpha value is -1.42. The highest BCUT2D eigenvalue weighted by molar-refractivity contribution is 7.14. The largest absolute Gasteiger partial charge is 0.305 e. The van der Waals surface area contributed by atoms with Crippen molar-refractivity contribution in [3.8, 4) is 10.4 Å². The van der Waals surface area contributed by atoms with E-state index in [4.69, 9.17) is 0 Å². The van der Waals surface area contributed by atoms with Crippen LogP contribution >= 0.6 is 22.7 Å². The van der Waals surface area contributed by atoms with E-state index >= 15 is 0 Å². The van der Waals surface area contributed by atoms with Crippen LogP contribution in [0.15, 0.2) is 53.2 Å². The Morgan fingerprint density at radius 2 is 1.95 bits per heavy atom. The summed E-state index contributed by atoms with van der Waals surface area (Å²) in [7, 11) is 0. The van der Waals surface area contributed by atoms with Gasteiger partial charge in [-0.2, -0.15) is 0 Å². The summed E-state index contributed by atoms with van der Waals surface area (Å²) in [6, 6.07) is 15.5. The van der Waals surface area contributed by atoms with E-state index in [1.165, 1.54) is 26.4 Å². The molecule has 21 heavy (non-hydrogen) atoms. The molecule has 2 heterocycles. The molecule has 0 aliphatic rings. The summed E-state index contributed by atoms with van der Waals surface area (Å²) in [5.41, 5.74) is 4.07. The Balaban J connectivity index is 1.64. The SMILES string of the molecule is Cc1ccccc1[C@H](C)NCc1cc(-c2cccs2)cs1. The van der Waals surface area contributed by atoms with Gasteiger partial charge >= 0.3 is 0 Å². The van der Waals surface area contributed by atoms with E-state index in [9.17, 15) is 0 Å². The van der Waals surface area contributed by atoms with E-state index < -0.39 is 0 Å². The van der Waals surface area contributed by atoms with Crippen molar-refractivity contribution in [1.82, 2.24) is 5.32 Å². The highest BCUT2D eigenvalue weighted by atomic mass is 32.1. The van der Waals surface area contributed by atoms with Crippen molar-refractivity contribution in [1.29, 1.82) is 0 Å². The van der Waals surface area contributed by atoms with Crippen molar-refractivity contribution in [3.63, 3.8) is 0 Å². The van der Waals surface area contributed by atoms with Gasteiger partial charge < -0.3 is 5.32 Å². The fraction of sp³-hybridized carbons (Fsp3) is 0.222. The molecule has 1 N–H and O–H groups in total. The number of rotatable bonds is 5. The highest BCUT2D eigenvalue weighted by Gasteiger charge is 2.08. The van der Waals surface area contributed by atoms with Crippen LogP contribution in [-0.4, -0.2) is 0 Å². The normalized spacial score (nSPS) is 12.5. The van der Waals surface area contributed by atoms with Gasteiger partial charge in [0, 0.05) is 27.9 Å². The summed E-state index contributed by atoms with van der Waals surface area (Å²) >= 11 is 3.63. The van der Waals surface area contributed by atoms with Crippen LogP contribution in [-0.2, 0) is 6.54 Å². The first kappa shape index (κ1) is 14.5. The minimum atomic E-state index is 0.374. The molecule has 0 spiro atoms. The van der Waals surface area contributed by atoms with Gasteiger partial charge in [-0.1, -0.05) is 30.3 Å². The maximum atomic E-state index is 3.63. The molecular weight excluding hydrogens is 294 g/mol. The molecule has 0 unspecified atom stereocenters. The Labute approximate surface area is 134 Å². The Bertz CT molecular complexity index is 698. The Morgan fingerprint density at radius 1 is 1.10 bits per heavy atom. The summed E-state index contributed by atoms with van der Waals surface area (Å²) in [6.07, 6.45) is 0. The molecule has 3 heteroatoms. The van der Waals surface area contributed by atoms with Gasteiger partial charge in [0.1, 0.15) is 0 Å². The minimum Gasteiger partial charge on any atom is -0.305 e. The van der Waals surface area contributed by atoms with Crippen molar-refractivity contribution in [2.75, 3.05) is 0 Å². The molecule has 0 amide bonds. The first-order valence-electron chi connectivity index (χ1n) is 7.14. The molecule has 0 aliphatic heterocycles. The molecule has 0 bridgehead atoms. The van der Waals surface area contributed by atoms with Crippen molar-refractivity contribution >= 4 is 22.7 Å². The lowest BCUT2D eigenvalue weighted by atomic mass is 10.0. The van der Waals surface area contributed by atoms with Gasteiger partial charge in [0.25, 0.3) is 0 Å². The van der Waals surface area contributed by atoms with Crippen LogP contribution < -0.4 is 5.32 Å². The zero-order valence-corrected chi connectivity index (χ0v) is 13.9. The van der Waals surface area contributed by atoms with Crippen LogP contribution in [0.4, 0.5) is 0 Å². The number of thiophene rings is 2. The third-order valence-corrected chi connectivity index (χ3v) is 5.55.